The number of anilines is 1. The van der Waals surface area contributed by atoms with Crippen LogP contribution in [-0.2, 0) is 24.3 Å². The van der Waals surface area contributed by atoms with E-state index in [2.05, 4.69) is 20.0 Å². The molecule has 0 aliphatic carbocycles. The Morgan fingerprint density at radius 2 is 2.00 bits per heavy atom. The minimum atomic E-state index is -3.77. The molecule has 0 saturated heterocycles. The van der Waals surface area contributed by atoms with Crippen molar-refractivity contribution < 1.29 is 22.7 Å². The minimum absolute atomic E-state index is 0.0730. The van der Waals surface area contributed by atoms with Gasteiger partial charge in [0.05, 0.1) is 0 Å². The minimum Gasteiger partial charge on any atom is -0.452 e. The number of carbonyl (C=O) groups is 2. The lowest BCUT2D eigenvalue weighted by molar-refractivity contribution is -0.151. The molecule has 0 bridgehead atoms. The fourth-order valence-corrected chi connectivity index (χ4v) is 3.52. The summed E-state index contributed by atoms with van der Waals surface area (Å²) in [6.45, 7) is 0.767. The van der Waals surface area contributed by atoms with Gasteiger partial charge in [0.25, 0.3) is 15.9 Å². The first-order valence-corrected chi connectivity index (χ1v) is 9.05. The van der Waals surface area contributed by atoms with Crippen LogP contribution in [0.3, 0.4) is 0 Å². The molecule has 1 amide bonds. The lowest BCUT2D eigenvalue weighted by Crippen LogP contribution is -2.35. The molecule has 2 aromatic rings. The first-order chi connectivity index (χ1) is 11.4. The fraction of sp³-hybridized carbons (Fsp3) is 0.231. The van der Waals surface area contributed by atoms with Gasteiger partial charge in [-0.2, -0.15) is 4.72 Å². The normalized spacial score (nSPS) is 12.4. The van der Waals surface area contributed by atoms with Gasteiger partial charge in [-0.3, -0.25) is 14.9 Å². The van der Waals surface area contributed by atoms with Gasteiger partial charge in [0.1, 0.15) is 10.8 Å². The Hall–Kier alpha value is -2.37. The highest BCUT2D eigenvalue weighted by Crippen LogP contribution is 2.14. The molecular formula is C13H14N4O5S2. The Balaban J connectivity index is 1.82. The summed E-state index contributed by atoms with van der Waals surface area (Å²) in [7, 11) is -3.77. The maximum absolute atomic E-state index is 11.9. The molecule has 1 atom stereocenters. The van der Waals surface area contributed by atoms with Gasteiger partial charge in [-0.25, -0.2) is 18.4 Å². The second kappa shape index (κ2) is 7.95. The molecule has 0 fully saturated rings. The monoisotopic (exact) mass is 370 g/mol. The molecule has 2 rings (SSSR count). The molecule has 9 nitrogen and oxygen atoms in total. The molecule has 0 spiro atoms. The molecule has 24 heavy (non-hydrogen) atoms. The third-order valence-electron chi connectivity index (χ3n) is 2.64. The predicted molar refractivity (Wildman–Crippen MR) is 85.7 cm³/mol. The first-order valence-electron chi connectivity index (χ1n) is 6.69. The summed E-state index contributed by atoms with van der Waals surface area (Å²) in [5.41, 5.74) is 0. The third-order valence-corrected chi connectivity index (χ3v) is 5.44. The lowest BCUT2D eigenvalue weighted by atomic mass is 10.4. The number of nitrogens with one attached hydrogen (secondary N) is 2. The summed E-state index contributed by atoms with van der Waals surface area (Å²) >= 11 is 1.02. The average Bonchev–Trinajstić information content (AvgIpc) is 3.09. The lowest BCUT2D eigenvalue weighted by Gasteiger charge is -2.12. The van der Waals surface area contributed by atoms with E-state index in [9.17, 15) is 18.0 Å². The molecule has 2 heterocycles. The number of hydrogen-bond donors (Lipinski definition) is 2. The van der Waals surface area contributed by atoms with Crippen molar-refractivity contribution in [2.45, 2.75) is 17.2 Å². The Morgan fingerprint density at radius 1 is 1.29 bits per heavy atom. The number of thiophene rings is 1. The molecule has 0 radical (unpaired) electrons. The van der Waals surface area contributed by atoms with Gasteiger partial charge in [-0.05, 0) is 24.4 Å². The Kier molecular flexibility index (Phi) is 5.95. The second-order valence-electron chi connectivity index (χ2n) is 4.45. The van der Waals surface area contributed by atoms with Crippen molar-refractivity contribution in [1.29, 1.82) is 0 Å². The Bertz CT molecular complexity index is 793. The van der Waals surface area contributed by atoms with Gasteiger partial charge in [0.15, 0.2) is 6.10 Å². The number of ether oxygens (including phenoxy) is 1. The standard InChI is InChI=1S/C13H14N4O5S2/c1-9(12(19)17-13-14-5-3-6-15-13)22-10(18)8-16-24(20,21)11-4-2-7-23-11/h2-7,9,16H,8H2,1H3,(H,14,15,17,19). The predicted octanol–water partition coefficient (Wildman–Crippen LogP) is 0.387. The molecule has 0 aliphatic heterocycles. The number of aromatic nitrogens is 2. The van der Waals surface area contributed by atoms with E-state index in [1.165, 1.54) is 25.4 Å². The van der Waals surface area contributed by atoms with Crippen LogP contribution in [0, 0.1) is 0 Å². The molecule has 2 aromatic heterocycles. The number of amides is 1. The van der Waals surface area contributed by atoms with Crippen LogP contribution < -0.4 is 10.0 Å². The first kappa shape index (κ1) is 18.0. The van der Waals surface area contributed by atoms with Crippen LogP contribution in [0.5, 0.6) is 0 Å². The number of hydrogen-bond acceptors (Lipinski definition) is 8. The number of sulfonamides is 1. The summed E-state index contributed by atoms with van der Waals surface area (Å²) in [6.07, 6.45) is 1.75. The smallest absolute Gasteiger partial charge is 0.321 e. The van der Waals surface area contributed by atoms with Crippen molar-refractivity contribution in [1.82, 2.24) is 14.7 Å². The number of nitrogens with zero attached hydrogens (tertiary/aromatic N) is 2. The second-order valence-corrected chi connectivity index (χ2v) is 7.39. The van der Waals surface area contributed by atoms with E-state index < -0.39 is 34.5 Å². The number of esters is 1. The van der Waals surface area contributed by atoms with Crippen molar-refractivity contribution in [2.24, 2.45) is 0 Å². The van der Waals surface area contributed by atoms with Crippen LogP contribution >= 0.6 is 11.3 Å². The van der Waals surface area contributed by atoms with Crippen LogP contribution in [0.25, 0.3) is 0 Å². The summed E-state index contributed by atoms with van der Waals surface area (Å²) < 4.78 is 30.8. The van der Waals surface area contributed by atoms with Gasteiger partial charge in [0, 0.05) is 12.4 Å². The maximum Gasteiger partial charge on any atom is 0.321 e. The van der Waals surface area contributed by atoms with Gasteiger partial charge >= 0.3 is 5.97 Å². The van der Waals surface area contributed by atoms with Gasteiger partial charge in [-0.15, -0.1) is 11.3 Å². The van der Waals surface area contributed by atoms with Crippen LogP contribution in [0.2, 0.25) is 0 Å². The summed E-state index contributed by atoms with van der Waals surface area (Å²) in [5, 5.41) is 3.97. The van der Waals surface area contributed by atoms with Crippen molar-refractivity contribution in [2.75, 3.05) is 11.9 Å². The van der Waals surface area contributed by atoms with E-state index in [1.807, 2.05) is 0 Å². The molecule has 1 unspecified atom stereocenters. The SMILES string of the molecule is CC(OC(=O)CNS(=O)(=O)c1cccs1)C(=O)Nc1ncccn1. The van der Waals surface area contributed by atoms with Gasteiger partial charge in [-0.1, -0.05) is 6.07 Å². The van der Waals surface area contributed by atoms with Crippen LogP contribution in [0.4, 0.5) is 5.95 Å². The van der Waals surface area contributed by atoms with Gasteiger partial charge < -0.3 is 4.74 Å². The van der Waals surface area contributed by atoms with E-state index in [-0.39, 0.29) is 10.2 Å². The van der Waals surface area contributed by atoms with Crippen LogP contribution in [0.15, 0.2) is 40.2 Å². The van der Waals surface area contributed by atoms with Gasteiger partial charge in [0.2, 0.25) is 5.95 Å². The summed E-state index contributed by atoms with van der Waals surface area (Å²) in [4.78, 5) is 31.1. The fourth-order valence-electron chi connectivity index (χ4n) is 1.51. The molecule has 2 N–H and O–H groups in total. The molecule has 11 heteroatoms. The molecular weight excluding hydrogens is 356 g/mol. The number of rotatable bonds is 7. The van der Waals surface area contributed by atoms with Crippen LogP contribution in [0.1, 0.15) is 6.92 Å². The van der Waals surface area contributed by atoms with Crippen molar-refractivity contribution in [3.8, 4) is 0 Å². The third kappa shape index (κ3) is 5.08. The highest BCUT2D eigenvalue weighted by Gasteiger charge is 2.21. The molecule has 0 saturated carbocycles. The Labute approximate surface area is 142 Å². The quantitative estimate of drug-likeness (QED) is 0.675. The maximum atomic E-state index is 11.9. The van der Waals surface area contributed by atoms with Crippen molar-refractivity contribution in [3.05, 3.63) is 36.0 Å². The zero-order valence-electron chi connectivity index (χ0n) is 12.5. The van der Waals surface area contributed by atoms with Crippen molar-refractivity contribution >= 4 is 39.2 Å². The van der Waals surface area contributed by atoms with E-state index in [4.69, 9.17) is 4.74 Å². The van der Waals surface area contributed by atoms with Crippen molar-refractivity contribution in [3.63, 3.8) is 0 Å². The highest BCUT2D eigenvalue weighted by atomic mass is 32.2. The molecule has 0 aromatic carbocycles. The highest BCUT2D eigenvalue weighted by molar-refractivity contribution is 7.91. The van der Waals surface area contributed by atoms with E-state index in [0.717, 1.165) is 11.3 Å². The Morgan fingerprint density at radius 3 is 2.62 bits per heavy atom. The summed E-state index contributed by atoms with van der Waals surface area (Å²) in [5.74, 6) is -1.44. The average molecular weight is 370 g/mol. The molecule has 128 valence electrons. The zero-order valence-corrected chi connectivity index (χ0v) is 14.1. The summed E-state index contributed by atoms with van der Waals surface area (Å²) in [6, 6.07) is 4.57. The zero-order chi connectivity index (χ0) is 17.6. The van der Waals surface area contributed by atoms with Crippen LogP contribution in [-0.4, -0.2) is 42.9 Å². The van der Waals surface area contributed by atoms with E-state index >= 15 is 0 Å². The van der Waals surface area contributed by atoms with E-state index in [1.54, 1.807) is 17.5 Å². The topological polar surface area (TPSA) is 127 Å². The molecule has 0 aliphatic rings. The largest absolute Gasteiger partial charge is 0.452 e. The number of carbonyl (C=O) groups excluding carboxylic acids is 2. The van der Waals surface area contributed by atoms with E-state index in [0.29, 0.717) is 0 Å².